The van der Waals surface area contributed by atoms with Gasteiger partial charge in [0.1, 0.15) is 12.2 Å². The lowest BCUT2D eigenvalue weighted by Crippen LogP contribution is -2.44. The van der Waals surface area contributed by atoms with Gasteiger partial charge in [0.2, 0.25) is 11.8 Å². The monoisotopic (exact) mass is 313 g/mol. The van der Waals surface area contributed by atoms with E-state index >= 15 is 0 Å². The van der Waals surface area contributed by atoms with E-state index in [2.05, 4.69) is 0 Å². The summed E-state index contributed by atoms with van der Waals surface area (Å²) in [6, 6.07) is 8.84. The number of fused-ring (bicyclic) bond motifs is 5. The molecule has 0 spiro atoms. The van der Waals surface area contributed by atoms with E-state index in [1.807, 2.05) is 6.07 Å². The Bertz CT molecular complexity index is 728. The summed E-state index contributed by atoms with van der Waals surface area (Å²) in [4.78, 5) is 38.0. The number of hydrogen-bond donors (Lipinski definition) is 0. The number of carbonyl (C=O) groups excluding carboxylic acids is 3. The maximum absolute atomic E-state index is 12.9. The molecular formula is C17H15NO5. The molecule has 118 valence electrons. The van der Waals surface area contributed by atoms with Gasteiger partial charge in [0.05, 0.1) is 23.6 Å². The van der Waals surface area contributed by atoms with Crippen molar-refractivity contribution in [3.63, 3.8) is 0 Å². The number of hydrogen-bond acceptors (Lipinski definition) is 5. The molecule has 3 aliphatic heterocycles. The van der Waals surface area contributed by atoms with Crippen LogP contribution < -0.4 is 4.90 Å². The Labute approximate surface area is 132 Å². The van der Waals surface area contributed by atoms with E-state index in [0.29, 0.717) is 5.69 Å². The maximum Gasteiger partial charge on any atom is 0.302 e. The summed E-state index contributed by atoms with van der Waals surface area (Å²) in [5.41, 5.74) is -0.476. The predicted octanol–water partition coefficient (Wildman–Crippen LogP) is 1.06. The number of anilines is 1. The topological polar surface area (TPSA) is 72.9 Å². The van der Waals surface area contributed by atoms with E-state index < -0.39 is 29.5 Å². The molecule has 1 aromatic rings. The van der Waals surface area contributed by atoms with Crippen LogP contribution in [0.5, 0.6) is 0 Å². The summed E-state index contributed by atoms with van der Waals surface area (Å²) in [5.74, 6) is -2.21. The first-order valence-corrected chi connectivity index (χ1v) is 7.47. The Hall–Kier alpha value is -2.47. The highest BCUT2D eigenvalue weighted by Gasteiger charge is 2.68. The molecule has 23 heavy (non-hydrogen) atoms. The summed E-state index contributed by atoms with van der Waals surface area (Å²) >= 11 is 0. The highest BCUT2D eigenvalue weighted by molar-refractivity contribution is 6.23. The molecule has 6 heteroatoms. The first kappa shape index (κ1) is 14.1. The fraction of sp³-hybridized carbons (Fsp3) is 0.353. The molecule has 0 aliphatic carbocycles. The summed E-state index contributed by atoms with van der Waals surface area (Å²) in [6.45, 7) is 1.25. The minimum absolute atomic E-state index is 0.0574. The van der Waals surface area contributed by atoms with Crippen molar-refractivity contribution in [2.75, 3.05) is 11.5 Å². The molecule has 6 nitrogen and oxygen atoms in total. The molecule has 2 fully saturated rings. The quantitative estimate of drug-likeness (QED) is 0.474. The van der Waals surface area contributed by atoms with Crippen molar-refractivity contribution in [3.05, 3.63) is 42.5 Å². The van der Waals surface area contributed by atoms with Crippen molar-refractivity contribution >= 4 is 23.5 Å². The van der Waals surface area contributed by atoms with Gasteiger partial charge < -0.3 is 9.47 Å². The van der Waals surface area contributed by atoms with E-state index in [1.165, 1.54) is 11.8 Å². The van der Waals surface area contributed by atoms with Crippen LogP contribution in [0.3, 0.4) is 0 Å². The number of nitrogens with zero attached hydrogens (tertiary/aromatic N) is 1. The molecule has 0 unspecified atom stereocenters. The molecule has 3 aliphatic rings. The number of carbonyl (C=O) groups is 3. The second-order valence-electron chi connectivity index (χ2n) is 6.03. The second kappa shape index (κ2) is 4.76. The zero-order valence-corrected chi connectivity index (χ0v) is 12.5. The zero-order valence-electron chi connectivity index (χ0n) is 12.5. The lowest BCUT2D eigenvalue weighted by molar-refractivity contribution is -0.150. The Balaban J connectivity index is 1.70. The number of rotatable bonds is 3. The lowest BCUT2D eigenvalue weighted by Gasteiger charge is -2.28. The van der Waals surface area contributed by atoms with Gasteiger partial charge in [0, 0.05) is 6.92 Å². The lowest BCUT2D eigenvalue weighted by atomic mass is 9.77. The van der Waals surface area contributed by atoms with Gasteiger partial charge in [-0.15, -0.1) is 0 Å². The highest BCUT2D eigenvalue weighted by Crippen LogP contribution is 2.52. The van der Waals surface area contributed by atoms with Crippen LogP contribution in [0.15, 0.2) is 42.5 Å². The summed E-state index contributed by atoms with van der Waals surface area (Å²) in [7, 11) is 0. The summed E-state index contributed by atoms with van der Waals surface area (Å²) in [5, 5.41) is 0. The van der Waals surface area contributed by atoms with Gasteiger partial charge in [-0.05, 0) is 18.2 Å². The molecule has 2 amide bonds. The average molecular weight is 313 g/mol. The summed E-state index contributed by atoms with van der Waals surface area (Å²) in [6.07, 6.45) is 3.09. The number of ether oxygens (including phenoxy) is 2. The molecule has 4 rings (SSSR count). The van der Waals surface area contributed by atoms with E-state index in [1.54, 1.807) is 36.4 Å². The van der Waals surface area contributed by atoms with Gasteiger partial charge >= 0.3 is 5.97 Å². The van der Waals surface area contributed by atoms with Gasteiger partial charge in [0.15, 0.2) is 0 Å². The number of benzene rings is 1. The van der Waals surface area contributed by atoms with Crippen LogP contribution in [0, 0.1) is 11.8 Å². The van der Waals surface area contributed by atoms with Crippen molar-refractivity contribution in [2.45, 2.75) is 18.6 Å². The van der Waals surface area contributed by atoms with Gasteiger partial charge in [-0.2, -0.15) is 0 Å². The van der Waals surface area contributed by atoms with E-state index in [4.69, 9.17) is 9.47 Å². The number of imide groups is 1. The molecule has 0 aromatic heterocycles. The number of esters is 1. The average Bonchev–Trinajstić information content (AvgIpc) is 3.17. The van der Waals surface area contributed by atoms with Crippen LogP contribution in [0.25, 0.3) is 0 Å². The van der Waals surface area contributed by atoms with Crippen LogP contribution in [-0.2, 0) is 23.9 Å². The van der Waals surface area contributed by atoms with Gasteiger partial charge in [0.25, 0.3) is 0 Å². The molecule has 0 radical (unpaired) electrons. The first-order chi connectivity index (χ1) is 11.0. The van der Waals surface area contributed by atoms with Crippen molar-refractivity contribution in [1.29, 1.82) is 0 Å². The molecule has 2 bridgehead atoms. The van der Waals surface area contributed by atoms with Gasteiger partial charge in [-0.3, -0.25) is 14.4 Å². The Morgan fingerprint density at radius 3 is 2.70 bits per heavy atom. The van der Waals surface area contributed by atoms with Crippen molar-refractivity contribution < 1.29 is 23.9 Å². The first-order valence-electron chi connectivity index (χ1n) is 7.47. The molecular weight excluding hydrogens is 298 g/mol. The van der Waals surface area contributed by atoms with Crippen LogP contribution in [-0.4, -0.2) is 36.1 Å². The van der Waals surface area contributed by atoms with E-state index in [-0.39, 0.29) is 18.4 Å². The molecule has 2 saturated heterocycles. The largest absolute Gasteiger partial charge is 0.462 e. The van der Waals surface area contributed by atoms with E-state index in [0.717, 1.165) is 0 Å². The van der Waals surface area contributed by atoms with Crippen LogP contribution in [0.2, 0.25) is 0 Å². The maximum atomic E-state index is 12.9. The minimum atomic E-state index is -1.03. The normalized spacial score (nSPS) is 34.1. The Kier molecular flexibility index (Phi) is 2.93. The Morgan fingerprint density at radius 1 is 1.26 bits per heavy atom. The molecule has 1 aromatic carbocycles. The molecule has 4 atom stereocenters. The third-order valence-corrected chi connectivity index (χ3v) is 4.67. The summed E-state index contributed by atoms with van der Waals surface area (Å²) < 4.78 is 10.9. The molecule has 0 saturated carbocycles. The predicted molar refractivity (Wildman–Crippen MR) is 79.3 cm³/mol. The van der Waals surface area contributed by atoms with Crippen molar-refractivity contribution in [2.24, 2.45) is 11.8 Å². The SMILES string of the molecule is CC(=O)OC[C@]12C=C[C@@H](O1)[C@@H]1C(=O)N(c3ccccc3)C(=O)[C@@H]12. The third kappa shape index (κ3) is 1.88. The van der Waals surface area contributed by atoms with Gasteiger partial charge in [-0.1, -0.05) is 24.3 Å². The second-order valence-corrected chi connectivity index (χ2v) is 6.03. The molecule has 0 N–H and O–H groups in total. The zero-order chi connectivity index (χ0) is 16.2. The smallest absolute Gasteiger partial charge is 0.302 e. The van der Waals surface area contributed by atoms with Crippen LogP contribution >= 0.6 is 0 Å². The van der Waals surface area contributed by atoms with E-state index in [9.17, 15) is 14.4 Å². The van der Waals surface area contributed by atoms with Crippen LogP contribution in [0.1, 0.15) is 6.92 Å². The molecule has 3 heterocycles. The third-order valence-electron chi connectivity index (χ3n) is 4.67. The fourth-order valence-electron chi connectivity index (χ4n) is 3.71. The van der Waals surface area contributed by atoms with Crippen molar-refractivity contribution in [3.8, 4) is 0 Å². The minimum Gasteiger partial charge on any atom is -0.462 e. The fourth-order valence-corrected chi connectivity index (χ4v) is 3.71. The number of para-hydroxylation sites is 1. The standard InChI is InChI=1S/C17H15NO5/c1-10(19)22-9-17-8-7-12(23-17)13-14(17)16(21)18(15(13)20)11-5-3-2-4-6-11/h2-8,12-14H,9H2,1H3/t12-,13+,14-,17+/m1/s1. The Morgan fingerprint density at radius 2 is 2.00 bits per heavy atom. The highest BCUT2D eigenvalue weighted by atomic mass is 16.6. The van der Waals surface area contributed by atoms with Crippen molar-refractivity contribution in [1.82, 2.24) is 0 Å². The number of amides is 2. The van der Waals surface area contributed by atoms with Gasteiger partial charge in [-0.25, -0.2) is 4.90 Å². The van der Waals surface area contributed by atoms with Crippen LogP contribution in [0.4, 0.5) is 5.69 Å².